The maximum atomic E-state index is 12.7. The highest BCUT2D eigenvalue weighted by Crippen LogP contribution is 2.35. The first-order valence-electron chi connectivity index (χ1n) is 5.39. The Morgan fingerprint density at radius 1 is 1.37 bits per heavy atom. The van der Waals surface area contributed by atoms with E-state index in [0.29, 0.717) is 10.2 Å². The van der Waals surface area contributed by atoms with E-state index in [9.17, 15) is 13.2 Å². The van der Waals surface area contributed by atoms with E-state index in [1.807, 2.05) is 12.3 Å². The van der Waals surface area contributed by atoms with E-state index >= 15 is 0 Å². The normalized spacial score (nSPS) is 13.3. The topological polar surface area (TPSA) is 24.9 Å². The Morgan fingerprint density at radius 2 is 2.11 bits per heavy atom. The average molecular weight is 351 g/mol. The molecule has 0 aliphatic heterocycles. The first kappa shape index (κ1) is 14.3. The molecule has 2 rings (SSSR count). The van der Waals surface area contributed by atoms with E-state index in [1.165, 1.54) is 17.4 Å². The van der Waals surface area contributed by atoms with Gasteiger partial charge in [0.1, 0.15) is 0 Å². The van der Waals surface area contributed by atoms with Gasteiger partial charge in [0.25, 0.3) is 0 Å². The van der Waals surface area contributed by atoms with Crippen molar-refractivity contribution in [3.63, 3.8) is 0 Å². The number of halogens is 4. The van der Waals surface area contributed by atoms with Crippen LogP contribution in [-0.2, 0) is 6.18 Å². The van der Waals surface area contributed by atoms with Crippen LogP contribution in [0.4, 0.5) is 18.9 Å². The van der Waals surface area contributed by atoms with E-state index in [1.54, 1.807) is 5.51 Å². The maximum absolute atomic E-state index is 12.7. The molecule has 0 spiro atoms. The van der Waals surface area contributed by atoms with Gasteiger partial charge in [0.05, 0.1) is 22.8 Å². The Labute approximate surface area is 120 Å². The van der Waals surface area contributed by atoms with E-state index in [-0.39, 0.29) is 6.04 Å². The molecular formula is C12H10BrF3N2S. The minimum absolute atomic E-state index is 0.161. The van der Waals surface area contributed by atoms with Crippen molar-refractivity contribution < 1.29 is 13.2 Å². The molecule has 19 heavy (non-hydrogen) atoms. The van der Waals surface area contributed by atoms with Crippen LogP contribution in [-0.4, -0.2) is 4.98 Å². The van der Waals surface area contributed by atoms with E-state index < -0.39 is 11.7 Å². The zero-order valence-corrected chi connectivity index (χ0v) is 12.2. The second kappa shape index (κ2) is 5.50. The summed E-state index contributed by atoms with van der Waals surface area (Å²) < 4.78 is 38.6. The SMILES string of the molecule is CC(Nc1cc(C(F)(F)F)ccc1Br)c1cscn1. The van der Waals surface area contributed by atoms with Crippen molar-refractivity contribution in [1.29, 1.82) is 0 Å². The Kier molecular flexibility index (Phi) is 4.15. The summed E-state index contributed by atoms with van der Waals surface area (Å²) in [6, 6.07) is 3.36. The molecule has 0 fully saturated rings. The number of thiazole rings is 1. The molecule has 2 aromatic rings. The fourth-order valence-corrected chi connectivity index (χ4v) is 2.56. The van der Waals surface area contributed by atoms with Crippen LogP contribution in [0.25, 0.3) is 0 Å². The maximum Gasteiger partial charge on any atom is 0.416 e. The van der Waals surface area contributed by atoms with Crippen molar-refractivity contribution in [2.75, 3.05) is 5.32 Å². The minimum Gasteiger partial charge on any atom is -0.376 e. The molecular weight excluding hydrogens is 341 g/mol. The number of hydrogen-bond donors (Lipinski definition) is 1. The molecule has 2 nitrogen and oxygen atoms in total. The monoisotopic (exact) mass is 350 g/mol. The van der Waals surface area contributed by atoms with Crippen LogP contribution < -0.4 is 5.32 Å². The van der Waals surface area contributed by atoms with Gasteiger partial charge in [0.15, 0.2) is 0 Å². The van der Waals surface area contributed by atoms with Gasteiger partial charge in [0.2, 0.25) is 0 Å². The molecule has 0 bridgehead atoms. The summed E-state index contributed by atoms with van der Waals surface area (Å²) in [5.74, 6) is 0. The Balaban J connectivity index is 2.25. The molecule has 1 atom stereocenters. The Hall–Kier alpha value is -1.08. The molecule has 0 amide bonds. The lowest BCUT2D eigenvalue weighted by atomic mass is 10.1. The van der Waals surface area contributed by atoms with Crippen molar-refractivity contribution in [3.05, 3.63) is 44.8 Å². The number of nitrogens with one attached hydrogen (secondary N) is 1. The summed E-state index contributed by atoms with van der Waals surface area (Å²) in [5, 5.41) is 4.88. The fourth-order valence-electron chi connectivity index (χ4n) is 1.56. The first-order chi connectivity index (χ1) is 8.88. The second-order valence-electron chi connectivity index (χ2n) is 3.97. The van der Waals surface area contributed by atoms with Gasteiger partial charge in [-0.25, -0.2) is 4.98 Å². The van der Waals surface area contributed by atoms with Crippen LogP contribution in [0.2, 0.25) is 0 Å². The summed E-state index contributed by atoms with van der Waals surface area (Å²) in [7, 11) is 0. The van der Waals surface area contributed by atoms with Gasteiger partial charge < -0.3 is 5.32 Å². The lowest BCUT2D eigenvalue weighted by Crippen LogP contribution is -2.10. The van der Waals surface area contributed by atoms with Gasteiger partial charge in [-0.3, -0.25) is 0 Å². The second-order valence-corrected chi connectivity index (χ2v) is 5.54. The third-order valence-corrected chi connectivity index (χ3v) is 3.86. The molecule has 102 valence electrons. The highest BCUT2D eigenvalue weighted by molar-refractivity contribution is 9.10. The molecule has 0 aliphatic carbocycles. The van der Waals surface area contributed by atoms with E-state index in [0.717, 1.165) is 17.8 Å². The zero-order chi connectivity index (χ0) is 14.0. The van der Waals surface area contributed by atoms with Crippen molar-refractivity contribution >= 4 is 33.0 Å². The summed E-state index contributed by atoms with van der Waals surface area (Å²) in [5.41, 5.74) is 2.21. The zero-order valence-electron chi connectivity index (χ0n) is 9.83. The molecule has 1 aromatic carbocycles. The van der Waals surface area contributed by atoms with Crippen LogP contribution in [0.1, 0.15) is 24.2 Å². The standard InChI is InChI=1S/C12H10BrF3N2S/c1-7(11-5-19-6-17-11)18-10-4-8(12(14,15)16)2-3-9(10)13/h2-7,18H,1H3. The lowest BCUT2D eigenvalue weighted by Gasteiger charge is -2.16. The summed E-state index contributed by atoms with van der Waals surface area (Å²) in [6.45, 7) is 1.85. The largest absolute Gasteiger partial charge is 0.416 e. The third kappa shape index (κ3) is 3.48. The molecule has 0 radical (unpaired) electrons. The van der Waals surface area contributed by atoms with Crippen LogP contribution >= 0.6 is 27.3 Å². The molecule has 1 heterocycles. The van der Waals surface area contributed by atoms with Gasteiger partial charge in [-0.1, -0.05) is 0 Å². The highest BCUT2D eigenvalue weighted by atomic mass is 79.9. The number of rotatable bonds is 3. The van der Waals surface area contributed by atoms with E-state index in [4.69, 9.17) is 0 Å². The summed E-state index contributed by atoms with van der Waals surface area (Å²) in [6.07, 6.45) is -4.35. The van der Waals surface area contributed by atoms with Crippen molar-refractivity contribution in [3.8, 4) is 0 Å². The molecule has 0 aliphatic rings. The number of nitrogens with zero attached hydrogens (tertiary/aromatic N) is 1. The average Bonchev–Trinajstić information content (AvgIpc) is 2.84. The smallest absolute Gasteiger partial charge is 0.376 e. The number of hydrogen-bond acceptors (Lipinski definition) is 3. The van der Waals surface area contributed by atoms with E-state index in [2.05, 4.69) is 26.2 Å². The van der Waals surface area contributed by atoms with Gasteiger partial charge in [-0.05, 0) is 41.1 Å². The first-order valence-corrected chi connectivity index (χ1v) is 7.13. The van der Waals surface area contributed by atoms with Gasteiger partial charge in [-0.15, -0.1) is 11.3 Å². The molecule has 0 saturated carbocycles. The fraction of sp³-hybridized carbons (Fsp3) is 0.250. The Bertz CT molecular complexity index is 555. The number of anilines is 1. The van der Waals surface area contributed by atoms with Crippen molar-refractivity contribution in [1.82, 2.24) is 4.98 Å². The molecule has 1 unspecified atom stereocenters. The molecule has 1 N–H and O–H groups in total. The van der Waals surface area contributed by atoms with Crippen molar-refractivity contribution in [2.24, 2.45) is 0 Å². The summed E-state index contributed by atoms with van der Waals surface area (Å²) in [4.78, 5) is 4.13. The van der Waals surface area contributed by atoms with Crippen LogP contribution in [0.5, 0.6) is 0 Å². The number of aromatic nitrogens is 1. The van der Waals surface area contributed by atoms with Crippen LogP contribution in [0.3, 0.4) is 0 Å². The van der Waals surface area contributed by atoms with Crippen LogP contribution in [0.15, 0.2) is 33.6 Å². The Morgan fingerprint density at radius 3 is 2.68 bits per heavy atom. The molecule has 0 saturated heterocycles. The molecule has 1 aromatic heterocycles. The van der Waals surface area contributed by atoms with Crippen LogP contribution in [0, 0.1) is 0 Å². The van der Waals surface area contributed by atoms with Gasteiger partial charge >= 0.3 is 6.18 Å². The quantitative estimate of drug-likeness (QED) is 0.833. The summed E-state index contributed by atoms with van der Waals surface area (Å²) >= 11 is 4.69. The lowest BCUT2D eigenvalue weighted by molar-refractivity contribution is -0.137. The minimum atomic E-state index is -4.35. The number of alkyl halides is 3. The third-order valence-electron chi connectivity index (χ3n) is 2.56. The highest BCUT2D eigenvalue weighted by Gasteiger charge is 2.31. The molecule has 7 heteroatoms. The number of benzene rings is 1. The van der Waals surface area contributed by atoms with Gasteiger partial charge in [0, 0.05) is 15.5 Å². The van der Waals surface area contributed by atoms with Gasteiger partial charge in [-0.2, -0.15) is 13.2 Å². The predicted octanol–water partition coefficient (Wildman–Crippen LogP) is 5.10. The predicted molar refractivity (Wildman–Crippen MR) is 73.3 cm³/mol. The van der Waals surface area contributed by atoms with Crippen molar-refractivity contribution in [2.45, 2.75) is 19.1 Å².